The molecule has 0 aromatic heterocycles. The Labute approximate surface area is 126 Å². The molecule has 1 atom stereocenters. The third-order valence-corrected chi connectivity index (χ3v) is 4.20. The summed E-state index contributed by atoms with van der Waals surface area (Å²) in [6.45, 7) is 7.73. The van der Waals surface area contributed by atoms with E-state index in [1.54, 1.807) is 0 Å². The predicted molar refractivity (Wildman–Crippen MR) is 82.9 cm³/mol. The molecule has 21 heavy (non-hydrogen) atoms. The standard InChI is InChI=1S/C17H24N2O2/c1-3-18(4-2)11-8-12-19-16(20)13-15(17(19)21)14-9-6-5-7-10-14/h5-7,9-10,15H,3-4,8,11-13H2,1-2H3/t15-/m0/s1. The quantitative estimate of drug-likeness (QED) is 0.723. The molecule has 1 saturated heterocycles. The van der Waals surface area contributed by atoms with Crippen molar-refractivity contribution in [2.45, 2.75) is 32.6 Å². The lowest BCUT2D eigenvalue weighted by Gasteiger charge is -2.20. The molecular formula is C17H24N2O2. The zero-order chi connectivity index (χ0) is 15.2. The van der Waals surface area contributed by atoms with Crippen LogP contribution in [0.3, 0.4) is 0 Å². The van der Waals surface area contributed by atoms with E-state index in [-0.39, 0.29) is 17.7 Å². The SMILES string of the molecule is CCN(CC)CCCN1C(=O)C[C@@H](c2ccccc2)C1=O. The number of amides is 2. The first-order valence-corrected chi connectivity index (χ1v) is 7.78. The first-order valence-electron chi connectivity index (χ1n) is 7.78. The van der Waals surface area contributed by atoms with E-state index in [0.29, 0.717) is 13.0 Å². The van der Waals surface area contributed by atoms with Gasteiger partial charge in [0.25, 0.3) is 0 Å². The summed E-state index contributed by atoms with van der Waals surface area (Å²) in [5.74, 6) is -0.355. The Kier molecular flexibility index (Phi) is 5.51. The molecule has 0 unspecified atom stereocenters. The number of carbonyl (C=O) groups is 2. The molecular weight excluding hydrogens is 264 g/mol. The molecule has 4 heteroatoms. The van der Waals surface area contributed by atoms with Crippen LogP contribution < -0.4 is 0 Å². The third-order valence-electron chi connectivity index (χ3n) is 4.20. The van der Waals surface area contributed by atoms with E-state index in [9.17, 15) is 9.59 Å². The minimum absolute atomic E-state index is 0.0339. The Hall–Kier alpha value is -1.68. The summed E-state index contributed by atoms with van der Waals surface area (Å²) in [5, 5.41) is 0. The molecule has 1 aliphatic rings. The zero-order valence-electron chi connectivity index (χ0n) is 12.9. The minimum Gasteiger partial charge on any atom is -0.304 e. The summed E-state index contributed by atoms with van der Waals surface area (Å²) in [6, 6.07) is 9.60. The van der Waals surface area contributed by atoms with Crippen molar-refractivity contribution in [1.29, 1.82) is 0 Å². The number of benzene rings is 1. The largest absolute Gasteiger partial charge is 0.304 e. The Morgan fingerprint density at radius 2 is 1.81 bits per heavy atom. The lowest BCUT2D eigenvalue weighted by atomic mass is 9.98. The highest BCUT2D eigenvalue weighted by atomic mass is 16.2. The van der Waals surface area contributed by atoms with Crippen molar-refractivity contribution < 1.29 is 9.59 Å². The fourth-order valence-electron chi connectivity index (χ4n) is 2.86. The molecule has 1 heterocycles. The summed E-state index contributed by atoms with van der Waals surface area (Å²) in [6.07, 6.45) is 1.16. The number of hydrogen-bond donors (Lipinski definition) is 0. The maximum Gasteiger partial charge on any atom is 0.237 e. The Balaban J connectivity index is 1.93. The summed E-state index contributed by atoms with van der Waals surface area (Å²) >= 11 is 0. The Morgan fingerprint density at radius 3 is 2.43 bits per heavy atom. The molecule has 2 rings (SSSR count). The maximum atomic E-state index is 12.4. The van der Waals surface area contributed by atoms with Crippen molar-refractivity contribution in [3.05, 3.63) is 35.9 Å². The van der Waals surface area contributed by atoms with Gasteiger partial charge in [0.2, 0.25) is 11.8 Å². The van der Waals surface area contributed by atoms with Gasteiger partial charge in [0.1, 0.15) is 0 Å². The molecule has 0 radical (unpaired) electrons. The van der Waals surface area contributed by atoms with E-state index in [1.165, 1.54) is 4.90 Å². The van der Waals surface area contributed by atoms with E-state index in [2.05, 4.69) is 18.7 Å². The molecule has 0 saturated carbocycles. The van der Waals surface area contributed by atoms with Crippen molar-refractivity contribution >= 4 is 11.8 Å². The fraction of sp³-hybridized carbons (Fsp3) is 0.529. The highest BCUT2D eigenvalue weighted by Crippen LogP contribution is 2.29. The smallest absolute Gasteiger partial charge is 0.237 e. The highest BCUT2D eigenvalue weighted by molar-refractivity contribution is 6.06. The fourth-order valence-corrected chi connectivity index (χ4v) is 2.86. The highest BCUT2D eigenvalue weighted by Gasteiger charge is 2.38. The van der Waals surface area contributed by atoms with E-state index in [0.717, 1.165) is 31.6 Å². The van der Waals surface area contributed by atoms with Gasteiger partial charge in [-0.1, -0.05) is 44.2 Å². The van der Waals surface area contributed by atoms with Crippen molar-refractivity contribution in [2.75, 3.05) is 26.2 Å². The Morgan fingerprint density at radius 1 is 1.14 bits per heavy atom. The van der Waals surface area contributed by atoms with Gasteiger partial charge in [-0.25, -0.2) is 0 Å². The van der Waals surface area contributed by atoms with Crippen LogP contribution in [0.4, 0.5) is 0 Å². The second-order valence-corrected chi connectivity index (χ2v) is 5.43. The number of nitrogens with zero attached hydrogens (tertiary/aromatic N) is 2. The van der Waals surface area contributed by atoms with Crippen LogP contribution in [0.5, 0.6) is 0 Å². The lowest BCUT2D eigenvalue weighted by Crippen LogP contribution is -2.34. The van der Waals surface area contributed by atoms with Crippen molar-refractivity contribution in [1.82, 2.24) is 9.80 Å². The average Bonchev–Trinajstić information content (AvgIpc) is 2.80. The second-order valence-electron chi connectivity index (χ2n) is 5.43. The molecule has 1 fully saturated rings. The van der Waals surface area contributed by atoms with Crippen LogP contribution in [-0.2, 0) is 9.59 Å². The average molecular weight is 288 g/mol. The van der Waals surface area contributed by atoms with Gasteiger partial charge in [-0.05, 0) is 31.6 Å². The maximum absolute atomic E-state index is 12.4. The number of rotatable bonds is 7. The monoisotopic (exact) mass is 288 g/mol. The van der Waals surface area contributed by atoms with Gasteiger partial charge >= 0.3 is 0 Å². The van der Waals surface area contributed by atoms with Crippen LogP contribution in [0.15, 0.2) is 30.3 Å². The van der Waals surface area contributed by atoms with Crippen molar-refractivity contribution in [3.8, 4) is 0 Å². The number of likely N-dealkylation sites (tertiary alicyclic amines) is 1. The first-order chi connectivity index (χ1) is 10.2. The molecule has 0 bridgehead atoms. The van der Waals surface area contributed by atoms with E-state index in [1.807, 2.05) is 30.3 Å². The van der Waals surface area contributed by atoms with Gasteiger partial charge in [-0.3, -0.25) is 14.5 Å². The molecule has 4 nitrogen and oxygen atoms in total. The molecule has 1 aromatic carbocycles. The topological polar surface area (TPSA) is 40.6 Å². The molecule has 0 aliphatic carbocycles. The van der Waals surface area contributed by atoms with Crippen LogP contribution >= 0.6 is 0 Å². The lowest BCUT2D eigenvalue weighted by molar-refractivity contribution is -0.138. The normalized spacial score (nSPS) is 18.8. The van der Waals surface area contributed by atoms with Crippen molar-refractivity contribution in [2.24, 2.45) is 0 Å². The minimum atomic E-state index is -0.285. The second kappa shape index (κ2) is 7.36. The summed E-state index contributed by atoms with van der Waals surface area (Å²) in [4.78, 5) is 28.2. The first kappa shape index (κ1) is 15.7. The van der Waals surface area contributed by atoms with E-state index < -0.39 is 0 Å². The van der Waals surface area contributed by atoms with Crippen LogP contribution in [0.1, 0.15) is 38.2 Å². The van der Waals surface area contributed by atoms with Crippen LogP contribution in [-0.4, -0.2) is 47.8 Å². The Bertz CT molecular complexity index is 483. The van der Waals surface area contributed by atoms with Crippen LogP contribution in [0.25, 0.3) is 0 Å². The van der Waals surface area contributed by atoms with Crippen LogP contribution in [0.2, 0.25) is 0 Å². The summed E-state index contributed by atoms with van der Waals surface area (Å²) in [5.41, 5.74) is 0.946. The van der Waals surface area contributed by atoms with E-state index in [4.69, 9.17) is 0 Å². The van der Waals surface area contributed by atoms with Crippen LogP contribution in [0, 0.1) is 0 Å². The third kappa shape index (κ3) is 3.70. The number of hydrogen-bond acceptors (Lipinski definition) is 3. The predicted octanol–water partition coefficient (Wildman–Crippen LogP) is 2.26. The van der Waals surface area contributed by atoms with E-state index >= 15 is 0 Å². The molecule has 114 valence electrons. The molecule has 1 aliphatic heterocycles. The van der Waals surface area contributed by atoms with Gasteiger partial charge in [0, 0.05) is 13.0 Å². The van der Waals surface area contributed by atoms with Gasteiger partial charge in [-0.2, -0.15) is 0 Å². The van der Waals surface area contributed by atoms with Gasteiger partial charge in [-0.15, -0.1) is 0 Å². The summed E-state index contributed by atoms with van der Waals surface area (Å²) < 4.78 is 0. The van der Waals surface area contributed by atoms with Crippen molar-refractivity contribution in [3.63, 3.8) is 0 Å². The molecule has 0 N–H and O–H groups in total. The van der Waals surface area contributed by atoms with Gasteiger partial charge < -0.3 is 4.90 Å². The number of carbonyl (C=O) groups excluding carboxylic acids is 2. The van der Waals surface area contributed by atoms with Gasteiger partial charge in [0.05, 0.1) is 5.92 Å². The summed E-state index contributed by atoms with van der Waals surface area (Å²) in [7, 11) is 0. The number of imide groups is 1. The molecule has 1 aromatic rings. The zero-order valence-corrected chi connectivity index (χ0v) is 12.9. The molecule has 0 spiro atoms. The molecule has 2 amide bonds. The van der Waals surface area contributed by atoms with Gasteiger partial charge in [0.15, 0.2) is 0 Å².